The lowest BCUT2D eigenvalue weighted by Gasteiger charge is -2.07. The van der Waals surface area contributed by atoms with Gasteiger partial charge in [0.1, 0.15) is 0 Å². The van der Waals surface area contributed by atoms with Crippen LogP contribution in [0.1, 0.15) is 16.8 Å². The largest absolute Gasteiger partial charge is 0.325 e. The SMILES string of the molecule is Cc1cc(-n2cc(CN)nn2)cc(C)c1Br. The lowest BCUT2D eigenvalue weighted by molar-refractivity contribution is 0.795. The first-order valence-corrected chi connectivity index (χ1v) is 5.79. The summed E-state index contributed by atoms with van der Waals surface area (Å²) < 4.78 is 2.88. The lowest BCUT2D eigenvalue weighted by Crippen LogP contribution is -1.97. The van der Waals surface area contributed by atoms with E-state index >= 15 is 0 Å². The van der Waals surface area contributed by atoms with Gasteiger partial charge in [0.2, 0.25) is 0 Å². The minimum Gasteiger partial charge on any atom is -0.325 e. The van der Waals surface area contributed by atoms with Gasteiger partial charge in [0.25, 0.3) is 0 Å². The van der Waals surface area contributed by atoms with Crippen molar-refractivity contribution in [1.29, 1.82) is 0 Å². The van der Waals surface area contributed by atoms with Crippen LogP contribution >= 0.6 is 15.9 Å². The monoisotopic (exact) mass is 280 g/mol. The number of aryl methyl sites for hydroxylation is 2. The first kappa shape index (κ1) is 11.3. The maximum atomic E-state index is 5.50. The highest BCUT2D eigenvalue weighted by molar-refractivity contribution is 9.10. The van der Waals surface area contributed by atoms with E-state index in [2.05, 4.69) is 52.2 Å². The average molecular weight is 281 g/mol. The molecule has 0 radical (unpaired) electrons. The van der Waals surface area contributed by atoms with E-state index in [0.717, 1.165) is 15.9 Å². The molecule has 0 amide bonds. The molecule has 0 fully saturated rings. The molecule has 1 aromatic carbocycles. The molecule has 5 heteroatoms. The quantitative estimate of drug-likeness (QED) is 0.917. The Morgan fingerprint density at radius 1 is 1.31 bits per heavy atom. The number of hydrogen-bond donors (Lipinski definition) is 1. The van der Waals surface area contributed by atoms with Crippen LogP contribution in [0.15, 0.2) is 22.8 Å². The fourth-order valence-electron chi connectivity index (χ4n) is 1.57. The van der Waals surface area contributed by atoms with Crippen LogP contribution in [0, 0.1) is 13.8 Å². The Morgan fingerprint density at radius 2 is 1.94 bits per heavy atom. The number of benzene rings is 1. The molecule has 0 bridgehead atoms. The predicted octanol–water partition coefficient (Wildman–Crippen LogP) is 2.11. The van der Waals surface area contributed by atoms with E-state index in [1.807, 2.05) is 6.20 Å². The van der Waals surface area contributed by atoms with Crippen molar-refractivity contribution >= 4 is 15.9 Å². The van der Waals surface area contributed by atoms with Crippen LogP contribution in [-0.4, -0.2) is 15.0 Å². The van der Waals surface area contributed by atoms with Crippen LogP contribution in [0.4, 0.5) is 0 Å². The summed E-state index contributed by atoms with van der Waals surface area (Å²) in [6.45, 7) is 4.53. The number of halogens is 1. The third-order valence-corrected chi connectivity index (χ3v) is 3.69. The van der Waals surface area contributed by atoms with Crippen molar-refractivity contribution in [1.82, 2.24) is 15.0 Å². The maximum Gasteiger partial charge on any atom is 0.0967 e. The van der Waals surface area contributed by atoms with E-state index in [-0.39, 0.29) is 0 Å². The highest BCUT2D eigenvalue weighted by Gasteiger charge is 2.05. The van der Waals surface area contributed by atoms with Crippen LogP contribution in [0.5, 0.6) is 0 Å². The van der Waals surface area contributed by atoms with Gasteiger partial charge in [-0.3, -0.25) is 0 Å². The number of hydrogen-bond acceptors (Lipinski definition) is 3. The fourth-order valence-corrected chi connectivity index (χ4v) is 1.80. The molecular formula is C11H13BrN4. The Bertz CT molecular complexity index is 495. The van der Waals surface area contributed by atoms with Gasteiger partial charge in [-0.05, 0) is 37.1 Å². The Balaban J connectivity index is 2.48. The molecule has 2 aromatic rings. The van der Waals surface area contributed by atoms with E-state index in [1.54, 1.807) is 4.68 Å². The van der Waals surface area contributed by atoms with E-state index in [1.165, 1.54) is 11.1 Å². The summed E-state index contributed by atoms with van der Waals surface area (Å²) in [7, 11) is 0. The minimum atomic E-state index is 0.411. The van der Waals surface area contributed by atoms with Crippen molar-refractivity contribution in [2.45, 2.75) is 20.4 Å². The summed E-state index contributed by atoms with van der Waals surface area (Å²) in [6, 6.07) is 4.12. The molecule has 0 aliphatic heterocycles. The molecule has 2 N–H and O–H groups in total. The smallest absolute Gasteiger partial charge is 0.0967 e. The lowest BCUT2D eigenvalue weighted by atomic mass is 10.1. The molecule has 0 aliphatic rings. The molecule has 0 spiro atoms. The van der Waals surface area contributed by atoms with Crippen LogP contribution in [-0.2, 0) is 6.54 Å². The second-order valence-electron chi connectivity index (χ2n) is 3.75. The van der Waals surface area contributed by atoms with Gasteiger partial charge in [0.15, 0.2) is 0 Å². The van der Waals surface area contributed by atoms with Crippen molar-refractivity contribution in [2.75, 3.05) is 0 Å². The zero-order valence-corrected chi connectivity index (χ0v) is 10.8. The Morgan fingerprint density at radius 3 is 2.44 bits per heavy atom. The van der Waals surface area contributed by atoms with Crippen LogP contribution < -0.4 is 5.73 Å². The van der Waals surface area contributed by atoms with Gasteiger partial charge in [-0.25, -0.2) is 4.68 Å². The Kier molecular flexibility index (Phi) is 3.07. The molecule has 4 nitrogen and oxygen atoms in total. The average Bonchev–Trinajstić information content (AvgIpc) is 2.73. The van der Waals surface area contributed by atoms with E-state index in [9.17, 15) is 0 Å². The molecule has 2 rings (SSSR count). The van der Waals surface area contributed by atoms with Crippen molar-refractivity contribution in [3.63, 3.8) is 0 Å². The number of nitrogens with zero attached hydrogens (tertiary/aromatic N) is 3. The van der Waals surface area contributed by atoms with Gasteiger partial charge >= 0.3 is 0 Å². The molecule has 0 aliphatic carbocycles. The molecule has 84 valence electrons. The molecule has 1 heterocycles. The zero-order chi connectivity index (χ0) is 11.7. The second-order valence-corrected chi connectivity index (χ2v) is 4.55. The number of aromatic nitrogens is 3. The highest BCUT2D eigenvalue weighted by atomic mass is 79.9. The fraction of sp³-hybridized carbons (Fsp3) is 0.273. The summed E-state index contributed by atoms with van der Waals surface area (Å²) in [4.78, 5) is 0. The third-order valence-electron chi connectivity index (χ3n) is 2.44. The van der Waals surface area contributed by atoms with Crippen LogP contribution in [0.25, 0.3) is 5.69 Å². The predicted molar refractivity (Wildman–Crippen MR) is 66.4 cm³/mol. The van der Waals surface area contributed by atoms with Gasteiger partial charge in [-0.2, -0.15) is 0 Å². The molecule has 0 saturated carbocycles. The van der Waals surface area contributed by atoms with Gasteiger partial charge in [-0.1, -0.05) is 21.1 Å². The summed E-state index contributed by atoms with van der Waals surface area (Å²) in [5.74, 6) is 0. The number of nitrogens with two attached hydrogens (primary N) is 1. The van der Waals surface area contributed by atoms with Crippen molar-refractivity contribution < 1.29 is 0 Å². The minimum absolute atomic E-state index is 0.411. The molecule has 0 saturated heterocycles. The van der Waals surface area contributed by atoms with Crippen molar-refractivity contribution in [3.05, 3.63) is 39.6 Å². The van der Waals surface area contributed by atoms with Gasteiger partial charge in [0, 0.05) is 11.0 Å². The highest BCUT2D eigenvalue weighted by Crippen LogP contribution is 2.23. The topological polar surface area (TPSA) is 56.7 Å². The zero-order valence-electron chi connectivity index (χ0n) is 9.24. The van der Waals surface area contributed by atoms with Crippen LogP contribution in [0.3, 0.4) is 0 Å². The maximum absolute atomic E-state index is 5.50. The van der Waals surface area contributed by atoms with Crippen molar-refractivity contribution in [2.24, 2.45) is 5.73 Å². The Hall–Kier alpha value is -1.20. The van der Waals surface area contributed by atoms with Crippen LogP contribution in [0.2, 0.25) is 0 Å². The molecule has 0 unspecified atom stereocenters. The second kappa shape index (κ2) is 4.35. The third kappa shape index (κ3) is 2.01. The summed E-state index contributed by atoms with van der Waals surface area (Å²) >= 11 is 3.54. The first-order valence-electron chi connectivity index (χ1n) is 5.00. The Labute approximate surface area is 103 Å². The molecule has 0 atom stereocenters. The molecule has 1 aromatic heterocycles. The standard InChI is InChI=1S/C11H13BrN4/c1-7-3-10(4-8(2)11(7)12)16-6-9(5-13)14-15-16/h3-4,6H,5,13H2,1-2H3. The van der Waals surface area contributed by atoms with Gasteiger partial charge < -0.3 is 5.73 Å². The van der Waals surface area contributed by atoms with E-state index < -0.39 is 0 Å². The molecular weight excluding hydrogens is 268 g/mol. The normalized spacial score (nSPS) is 10.8. The summed E-state index contributed by atoms with van der Waals surface area (Å²) in [6.07, 6.45) is 1.85. The summed E-state index contributed by atoms with van der Waals surface area (Å²) in [5.41, 5.74) is 9.66. The molecule has 16 heavy (non-hydrogen) atoms. The summed E-state index contributed by atoms with van der Waals surface area (Å²) in [5, 5.41) is 8.01. The number of rotatable bonds is 2. The van der Waals surface area contributed by atoms with Gasteiger partial charge in [0.05, 0.1) is 17.6 Å². The van der Waals surface area contributed by atoms with Crippen molar-refractivity contribution in [3.8, 4) is 5.69 Å². The first-order chi connectivity index (χ1) is 7.61. The van der Waals surface area contributed by atoms with E-state index in [4.69, 9.17) is 5.73 Å². The van der Waals surface area contributed by atoms with E-state index in [0.29, 0.717) is 6.54 Å². The van der Waals surface area contributed by atoms with Gasteiger partial charge in [-0.15, -0.1) is 5.10 Å².